The monoisotopic (exact) mass is 564 g/mol. The third-order valence-corrected chi connectivity index (χ3v) is 9.21. The third-order valence-electron chi connectivity index (χ3n) is 9.21. The van der Waals surface area contributed by atoms with Gasteiger partial charge in [0.05, 0.1) is 12.1 Å². The molecule has 0 unspecified atom stereocenters. The second-order valence-corrected chi connectivity index (χ2v) is 12.0. The van der Waals surface area contributed by atoms with Crippen molar-refractivity contribution in [2.45, 2.75) is 63.8 Å². The van der Waals surface area contributed by atoms with E-state index in [9.17, 15) is 27.6 Å². The van der Waals surface area contributed by atoms with Gasteiger partial charge in [0.25, 0.3) is 0 Å². The molecule has 3 saturated heterocycles. The minimum Gasteiger partial charge on any atom is -0.441 e. The van der Waals surface area contributed by atoms with E-state index in [4.69, 9.17) is 4.74 Å². The molecule has 5 rings (SSSR count). The van der Waals surface area contributed by atoms with E-state index in [-0.39, 0.29) is 23.8 Å². The van der Waals surface area contributed by atoms with Gasteiger partial charge in [0.15, 0.2) is 0 Å². The number of piperazine rings is 1. The SMILES string of the molecule is CC(=O)N1CCN(C(=O)C2CCC(CN3CC4(CCN(Cc5ccc(C(F)(F)F)cc5)CC4)OC3=O)CC2)CC1. The fraction of sp³-hybridized carbons (Fsp3) is 0.690. The van der Waals surface area contributed by atoms with Gasteiger partial charge in [-0.05, 0) is 49.3 Å². The van der Waals surface area contributed by atoms with Gasteiger partial charge in [-0.1, -0.05) is 12.1 Å². The molecule has 8 nitrogen and oxygen atoms in total. The molecular formula is C29H39F3N4O4. The maximum atomic E-state index is 13.0. The number of hydrogen-bond acceptors (Lipinski definition) is 5. The summed E-state index contributed by atoms with van der Waals surface area (Å²) in [7, 11) is 0. The van der Waals surface area contributed by atoms with Crippen LogP contribution in [0.1, 0.15) is 56.6 Å². The van der Waals surface area contributed by atoms with E-state index in [0.717, 1.165) is 56.5 Å². The molecule has 3 heterocycles. The van der Waals surface area contributed by atoms with Crippen LogP contribution < -0.4 is 0 Å². The molecule has 4 fully saturated rings. The highest BCUT2D eigenvalue weighted by atomic mass is 19.4. The molecule has 1 aliphatic carbocycles. The van der Waals surface area contributed by atoms with Crippen molar-refractivity contribution in [1.29, 1.82) is 0 Å². The van der Waals surface area contributed by atoms with Gasteiger partial charge in [-0.2, -0.15) is 13.2 Å². The van der Waals surface area contributed by atoms with E-state index in [2.05, 4.69) is 4.90 Å². The molecule has 0 radical (unpaired) electrons. The summed E-state index contributed by atoms with van der Waals surface area (Å²) in [6.45, 7) is 7.18. The van der Waals surface area contributed by atoms with Crippen LogP contribution in [0.4, 0.5) is 18.0 Å². The summed E-state index contributed by atoms with van der Waals surface area (Å²) in [5, 5.41) is 0. The van der Waals surface area contributed by atoms with Crippen molar-refractivity contribution in [2.24, 2.45) is 11.8 Å². The summed E-state index contributed by atoms with van der Waals surface area (Å²) in [6.07, 6.45) is 0.258. The van der Waals surface area contributed by atoms with E-state index in [1.165, 1.54) is 12.1 Å². The van der Waals surface area contributed by atoms with Gasteiger partial charge >= 0.3 is 12.3 Å². The predicted octanol–water partition coefficient (Wildman–Crippen LogP) is 3.99. The van der Waals surface area contributed by atoms with E-state index >= 15 is 0 Å². The molecule has 1 saturated carbocycles. The number of carbonyl (C=O) groups is 3. The fourth-order valence-electron chi connectivity index (χ4n) is 6.67. The molecule has 3 aliphatic heterocycles. The Morgan fingerprint density at radius 1 is 0.925 bits per heavy atom. The Balaban J connectivity index is 1.04. The average Bonchev–Trinajstić information content (AvgIpc) is 3.24. The van der Waals surface area contributed by atoms with Crippen molar-refractivity contribution in [3.8, 4) is 0 Å². The van der Waals surface area contributed by atoms with Gasteiger partial charge in [-0.3, -0.25) is 14.5 Å². The summed E-state index contributed by atoms with van der Waals surface area (Å²) in [5.41, 5.74) is -0.305. The molecule has 0 N–H and O–H groups in total. The third kappa shape index (κ3) is 6.56. The molecule has 4 aliphatic rings. The van der Waals surface area contributed by atoms with Gasteiger partial charge in [0, 0.05) is 78.0 Å². The van der Waals surface area contributed by atoms with Crippen molar-refractivity contribution >= 4 is 17.9 Å². The lowest BCUT2D eigenvalue weighted by Gasteiger charge is -2.38. The first-order valence-corrected chi connectivity index (χ1v) is 14.4. The second kappa shape index (κ2) is 11.6. The zero-order valence-corrected chi connectivity index (χ0v) is 23.1. The molecule has 3 amide bonds. The number of hydrogen-bond donors (Lipinski definition) is 0. The summed E-state index contributed by atoms with van der Waals surface area (Å²) >= 11 is 0. The molecular weight excluding hydrogens is 525 g/mol. The van der Waals surface area contributed by atoms with Crippen molar-refractivity contribution in [2.75, 3.05) is 52.4 Å². The molecule has 0 bridgehead atoms. The van der Waals surface area contributed by atoms with Crippen LogP contribution in [-0.2, 0) is 27.0 Å². The molecule has 1 aromatic carbocycles. The lowest BCUT2D eigenvalue weighted by molar-refractivity contribution is -0.142. The number of likely N-dealkylation sites (tertiary alicyclic amines) is 1. The second-order valence-electron chi connectivity index (χ2n) is 12.0. The van der Waals surface area contributed by atoms with Gasteiger partial charge in [0.2, 0.25) is 11.8 Å². The van der Waals surface area contributed by atoms with Gasteiger partial charge in [-0.25, -0.2) is 4.79 Å². The summed E-state index contributed by atoms with van der Waals surface area (Å²) in [4.78, 5) is 45.1. The number of amides is 3. The Bertz CT molecular complexity index is 1070. The fourth-order valence-corrected chi connectivity index (χ4v) is 6.67. The van der Waals surface area contributed by atoms with Crippen molar-refractivity contribution in [1.82, 2.24) is 19.6 Å². The number of ether oxygens (including phenoxy) is 1. The summed E-state index contributed by atoms with van der Waals surface area (Å²) in [5.74, 6) is 0.620. The maximum Gasteiger partial charge on any atom is 0.416 e. The highest BCUT2D eigenvalue weighted by molar-refractivity contribution is 5.79. The molecule has 1 aromatic rings. The van der Waals surface area contributed by atoms with E-state index < -0.39 is 17.3 Å². The summed E-state index contributed by atoms with van der Waals surface area (Å²) < 4.78 is 44.4. The molecule has 220 valence electrons. The van der Waals surface area contributed by atoms with E-state index in [0.29, 0.717) is 64.6 Å². The first-order valence-electron chi connectivity index (χ1n) is 14.4. The number of halogens is 3. The van der Waals surface area contributed by atoms with E-state index in [1.807, 2.05) is 9.80 Å². The molecule has 40 heavy (non-hydrogen) atoms. The molecule has 1 spiro atoms. The predicted molar refractivity (Wildman–Crippen MR) is 141 cm³/mol. The van der Waals surface area contributed by atoms with Crippen LogP contribution in [0.15, 0.2) is 24.3 Å². The van der Waals surface area contributed by atoms with Crippen LogP contribution in [0.5, 0.6) is 0 Å². The number of alkyl halides is 3. The van der Waals surface area contributed by atoms with E-state index in [1.54, 1.807) is 11.8 Å². The number of carbonyl (C=O) groups excluding carboxylic acids is 3. The van der Waals surface area contributed by atoms with Crippen LogP contribution in [0.2, 0.25) is 0 Å². The average molecular weight is 565 g/mol. The number of benzene rings is 1. The van der Waals surface area contributed by atoms with Crippen molar-refractivity contribution in [3.05, 3.63) is 35.4 Å². The Labute approximate surface area is 233 Å². The molecule has 0 atom stereocenters. The minimum absolute atomic E-state index is 0.0194. The van der Waals surface area contributed by atoms with Crippen LogP contribution >= 0.6 is 0 Å². The van der Waals surface area contributed by atoms with Gasteiger partial charge < -0.3 is 19.4 Å². The van der Waals surface area contributed by atoms with Crippen LogP contribution in [0.3, 0.4) is 0 Å². The molecule has 11 heteroatoms. The zero-order chi connectivity index (χ0) is 28.5. The first kappa shape index (κ1) is 28.7. The summed E-state index contributed by atoms with van der Waals surface area (Å²) in [6, 6.07) is 5.30. The largest absolute Gasteiger partial charge is 0.441 e. The quantitative estimate of drug-likeness (QED) is 0.541. The lowest BCUT2D eigenvalue weighted by Crippen LogP contribution is -2.51. The number of rotatable bonds is 5. The zero-order valence-electron chi connectivity index (χ0n) is 23.1. The van der Waals surface area contributed by atoms with Crippen LogP contribution in [0, 0.1) is 11.8 Å². The minimum atomic E-state index is -4.33. The normalized spacial score (nSPS) is 25.8. The Morgan fingerprint density at radius 2 is 1.52 bits per heavy atom. The standard InChI is InChI=1S/C29H39F3N4O4/c1-21(37)34-14-16-35(17-15-34)26(38)24-6-2-23(3-7-24)19-36-20-28(40-27(36)39)10-12-33(13-11-28)18-22-4-8-25(9-5-22)29(30,31)32/h4-5,8-9,23-24H,2-3,6-7,10-20H2,1H3. The Kier molecular flexibility index (Phi) is 8.31. The van der Waals surface area contributed by atoms with Crippen molar-refractivity contribution in [3.63, 3.8) is 0 Å². The van der Waals surface area contributed by atoms with Crippen LogP contribution in [-0.4, -0.2) is 95.5 Å². The smallest absolute Gasteiger partial charge is 0.416 e. The first-order chi connectivity index (χ1) is 19.0. The van der Waals surface area contributed by atoms with Gasteiger partial charge in [-0.15, -0.1) is 0 Å². The topological polar surface area (TPSA) is 73.4 Å². The number of nitrogens with zero attached hydrogens (tertiary/aromatic N) is 4. The highest BCUT2D eigenvalue weighted by Gasteiger charge is 2.47. The van der Waals surface area contributed by atoms with Gasteiger partial charge in [0.1, 0.15) is 5.60 Å². The maximum absolute atomic E-state index is 13.0. The molecule has 0 aromatic heterocycles. The number of piperidine rings is 1. The van der Waals surface area contributed by atoms with Crippen LogP contribution in [0.25, 0.3) is 0 Å². The Morgan fingerprint density at radius 3 is 2.10 bits per heavy atom. The lowest BCUT2D eigenvalue weighted by atomic mass is 9.81. The highest BCUT2D eigenvalue weighted by Crippen LogP contribution is 2.37. The Hall–Kier alpha value is -2.82. The van der Waals surface area contributed by atoms with Crippen molar-refractivity contribution < 1.29 is 32.3 Å².